The molecule has 0 atom stereocenters. The molecule has 0 spiro atoms. The number of phenols is 1. The van der Waals surface area contributed by atoms with Gasteiger partial charge in [0.2, 0.25) is 17.6 Å². The van der Waals surface area contributed by atoms with E-state index in [1.54, 1.807) is 12.1 Å². The molecule has 2 aromatic heterocycles. The predicted octanol–water partition coefficient (Wildman–Crippen LogP) is 3.54. The van der Waals surface area contributed by atoms with Gasteiger partial charge in [0.25, 0.3) is 5.91 Å². The molecular weight excluding hydrogens is 448 g/mol. The second kappa shape index (κ2) is 8.30. The lowest BCUT2D eigenvalue weighted by Gasteiger charge is -2.51. The lowest BCUT2D eigenvalue weighted by atomic mass is 9.53. The van der Waals surface area contributed by atoms with Crippen molar-refractivity contribution in [2.45, 2.75) is 43.9 Å². The third-order valence-corrected chi connectivity index (χ3v) is 7.26. The van der Waals surface area contributed by atoms with Gasteiger partial charge in [-0.15, -0.1) is 10.2 Å². The Morgan fingerprint density at radius 3 is 2.38 bits per heavy atom. The summed E-state index contributed by atoms with van der Waals surface area (Å²) < 4.78 is 37.8. The Hall–Kier alpha value is -3.63. The molecule has 34 heavy (non-hydrogen) atoms. The molecule has 2 heterocycles. The minimum atomic E-state index is -1.16. The molecule has 0 radical (unpaired) electrons. The van der Waals surface area contributed by atoms with E-state index in [-0.39, 0.29) is 16.4 Å². The van der Waals surface area contributed by atoms with Gasteiger partial charge in [0.15, 0.2) is 17.4 Å². The topological polar surface area (TPSA) is 123 Å². The van der Waals surface area contributed by atoms with Crippen LogP contribution >= 0.6 is 0 Å². The van der Waals surface area contributed by atoms with E-state index < -0.39 is 23.3 Å². The zero-order chi connectivity index (χ0) is 23.9. The highest BCUT2D eigenvalue weighted by molar-refractivity contribution is 5.94. The molecule has 3 fully saturated rings. The van der Waals surface area contributed by atoms with Gasteiger partial charge in [-0.25, -0.2) is 8.78 Å². The summed E-state index contributed by atoms with van der Waals surface area (Å²) in [6, 6.07) is 5.07. The first kappa shape index (κ1) is 22.2. The van der Waals surface area contributed by atoms with E-state index >= 15 is 0 Å². The van der Waals surface area contributed by atoms with Crippen LogP contribution in [-0.4, -0.2) is 45.0 Å². The number of amides is 1. The Kier molecular flexibility index (Phi) is 5.41. The van der Waals surface area contributed by atoms with Crippen LogP contribution in [0.25, 0.3) is 11.5 Å². The Bertz CT molecular complexity index is 1180. The van der Waals surface area contributed by atoms with Gasteiger partial charge >= 0.3 is 0 Å². The molecule has 0 saturated heterocycles. The summed E-state index contributed by atoms with van der Waals surface area (Å²) in [5.74, 6) is -2.62. The van der Waals surface area contributed by atoms with Crippen LogP contribution in [0.3, 0.4) is 0 Å². The van der Waals surface area contributed by atoms with Gasteiger partial charge in [-0.05, 0) is 62.1 Å². The molecule has 2 bridgehead atoms. The van der Waals surface area contributed by atoms with E-state index in [1.165, 1.54) is 7.11 Å². The summed E-state index contributed by atoms with van der Waals surface area (Å²) in [5, 5.41) is 24.1. The first-order valence-corrected chi connectivity index (χ1v) is 11.0. The first-order valence-electron chi connectivity index (χ1n) is 11.0. The molecule has 1 amide bonds. The van der Waals surface area contributed by atoms with Crippen molar-refractivity contribution in [1.29, 1.82) is 0 Å². The third-order valence-electron chi connectivity index (χ3n) is 7.26. The van der Waals surface area contributed by atoms with Gasteiger partial charge in [0.1, 0.15) is 5.69 Å². The summed E-state index contributed by atoms with van der Waals surface area (Å²) in [7, 11) is 1.51. The van der Waals surface area contributed by atoms with Crippen LogP contribution in [0, 0.1) is 17.0 Å². The number of methoxy groups -OCH3 is 1. The van der Waals surface area contributed by atoms with Gasteiger partial charge in [-0.3, -0.25) is 4.79 Å². The fraction of sp³-hybridized carbons (Fsp3) is 0.435. The van der Waals surface area contributed by atoms with Crippen LogP contribution in [0.5, 0.6) is 11.6 Å². The van der Waals surface area contributed by atoms with E-state index in [2.05, 4.69) is 25.7 Å². The molecule has 9 nitrogen and oxygen atoms in total. The van der Waals surface area contributed by atoms with E-state index in [9.17, 15) is 18.7 Å². The van der Waals surface area contributed by atoms with Gasteiger partial charge in [0, 0.05) is 23.6 Å². The van der Waals surface area contributed by atoms with Crippen molar-refractivity contribution in [3.63, 3.8) is 0 Å². The fourth-order valence-corrected chi connectivity index (χ4v) is 5.01. The molecule has 2 N–H and O–H groups in total. The molecule has 3 saturated carbocycles. The average molecular weight is 471 g/mol. The number of halogens is 2. The van der Waals surface area contributed by atoms with E-state index in [1.807, 2.05) is 0 Å². The standard InChI is InChI=1S/C23H23F2N5O4/c1-33-17-3-2-16(28-29-17)19-27-21(34-30-19)23-7-4-22(5-8-23,6-9-23)12-26-20(32)13-10-14(24)18(31)15(25)11-13/h2-3,10-11,31H,4-9,12H2,1H3,(H,26,32)/t22-,23+. The van der Waals surface area contributed by atoms with Crippen LogP contribution in [0.15, 0.2) is 28.8 Å². The number of rotatable bonds is 6. The minimum absolute atomic E-state index is 0.0876. The molecule has 6 rings (SSSR count). The number of nitrogens with one attached hydrogen (secondary N) is 1. The van der Waals surface area contributed by atoms with E-state index in [0.717, 1.165) is 50.7 Å². The number of carbonyl (C=O) groups excluding carboxylic acids is 1. The van der Waals surface area contributed by atoms with Crippen molar-refractivity contribution < 1.29 is 27.9 Å². The van der Waals surface area contributed by atoms with Gasteiger partial charge in [-0.1, -0.05) is 5.16 Å². The number of hydrogen-bond donors (Lipinski definition) is 2. The highest BCUT2D eigenvalue weighted by Crippen LogP contribution is 2.57. The molecular formula is C23H23F2N5O4. The number of phenolic OH excluding ortho intramolecular Hbond substituents is 1. The smallest absolute Gasteiger partial charge is 0.251 e. The maximum Gasteiger partial charge on any atom is 0.251 e. The summed E-state index contributed by atoms with van der Waals surface area (Å²) in [6.07, 6.45) is 5.06. The number of benzene rings is 1. The number of aromatic hydroxyl groups is 1. The Balaban J connectivity index is 1.23. The number of carbonyl (C=O) groups is 1. The van der Waals surface area contributed by atoms with Crippen molar-refractivity contribution in [3.8, 4) is 23.1 Å². The monoisotopic (exact) mass is 471 g/mol. The maximum absolute atomic E-state index is 13.6. The minimum Gasteiger partial charge on any atom is -0.503 e. The Morgan fingerprint density at radius 2 is 1.79 bits per heavy atom. The molecule has 3 aliphatic carbocycles. The fourth-order valence-electron chi connectivity index (χ4n) is 5.01. The summed E-state index contributed by atoms with van der Waals surface area (Å²) in [5.41, 5.74) is 0.0405. The van der Waals surface area contributed by atoms with Gasteiger partial charge in [0.05, 0.1) is 7.11 Å². The number of hydrogen-bond acceptors (Lipinski definition) is 8. The summed E-state index contributed by atoms with van der Waals surface area (Å²) in [4.78, 5) is 17.1. The average Bonchev–Trinajstić information content (AvgIpc) is 3.38. The number of nitrogens with zero attached hydrogens (tertiary/aromatic N) is 4. The van der Waals surface area contributed by atoms with Gasteiger partial charge < -0.3 is 19.7 Å². The van der Waals surface area contributed by atoms with Crippen LogP contribution in [-0.2, 0) is 5.41 Å². The predicted molar refractivity (Wildman–Crippen MR) is 114 cm³/mol. The molecule has 178 valence electrons. The molecule has 1 aromatic carbocycles. The van der Waals surface area contributed by atoms with Gasteiger partial charge in [-0.2, -0.15) is 4.98 Å². The molecule has 0 unspecified atom stereocenters. The third kappa shape index (κ3) is 3.84. The first-order chi connectivity index (χ1) is 16.3. The van der Waals surface area contributed by atoms with Crippen molar-refractivity contribution in [2.75, 3.05) is 13.7 Å². The SMILES string of the molecule is COc1ccc(-c2noc([C@]34CC[C@](CNC(=O)c5cc(F)c(O)c(F)c5)(CC3)CC4)n2)nn1. The van der Waals surface area contributed by atoms with Crippen molar-refractivity contribution >= 4 is 5.91 Å². The normalized spacial score (nSPS) is 23.6. The Morgan fingerprint density at radius 1 is 1.12 bits per heavy atom. The second-order valence-electron chi connectivity index (χ2n) is 9.14. The largest absolute Gasteiger partial charge is 0.503 e. The molecule has 3 aromatic rings. The summed E-state index contributed by atoms with van der Waals surface area (Å²) in [6.45, 7) is 0.405. The van der Waals surface area contributed by atoms with Crippen molar-refractivity contribution in [3.05, 3.63) is 47.4 Å². The molecule has 3 aliphatic rings. The molecule has 0 aliphatic heterocycles. The van der Waals surface area contributed by atoms with E-state index in [0.29, 0.717) is 29.8 Å². The number of ether oxygens (including phenoxy) is 1. The van der Waals surface area contributed by atoms with Crippen LogP contribution in [0.1, 0.15) is 54.8 Å². The lowest BCUT2D eigenvalue weighted by molar-refractivity contribution is 0.0229. The lowest BCUT2D eigenvalue weighted by Crippen LogP contribution is -2.49. The van der Waals surface area contributed by atoms with E-state index in [4.69, 9.17) is 9.26 Å². The highest BCUT2D eigenvalue weighted by Gasteiger charge is 2.52. The summed E-state index contributed by atoms with van der Waals surface area (Å²) >= 11 is 0. The van der Waals surface area contributed by atoms with Crippen LogP contribution < -0.4 is 10.1 Å². The van der Waals surface area contributed by atoms with Crippen molar-refractivity contribution in [1.82, 2.24) is 25.7 Å². The zero-order valence-electron chi connectivity index (χ0n) is 18.5. The maximum atomic E-state index is 13.6. The number of aromatic nitrogens is 4. The van der Waals surface area contributed by atoms with Crippen LogP contribution in [0.4, 0.5) is 8.78 Å². The molecule has 11 heteroatoms. The van der Waals surface area contributed by atoms with Crippen molar-refractivity contribution in [2.24, 2.45) is 5.41 Å². The Labute approximate surface area is 193 Å². The number of fused-ring (bicyclic) bond motifs is 3. The van der Waals surface area contributed by atoms with Crippen LogP contribution in [0.2, 0.25) is 0 Å². The zero-order valence-corrected chi connectivity index (χ0v) is 18.5. The second-order valence-corrected chi connectivity index (χ2v) is 9.14. The highest BCUT2D eigenvalue weighted by atomic mass is 19.1. The quantitative estimate of drug-likeness (QED) is 0.560.